The highest BCUT2D eigenvalue weighted by Crippen LogP contribution is 2.33. The molecule has 174 valence electrons. The van der Waals surface area contributed by atoms with Crippen molar-refractivity contribution in [3.63, 3.8) is 0 Å². The monoisotopic (exact) mass is 563 g/mol. The quantitative estimate of drug-likeness (QED) is 0.497. The van der Waals surface area contributed by atoms with E-state index >= 15 is 0 Å². The molecule has 7 nitrogen and oxygen atoms in total. The summed E-state index contributed by atoms with van der Waals surface area (Å²) in [5, 5.41) is 2.87. The maximum absolute atomic E-state index is 13.4. The zero-order valence-corrected chi connectivity index (χ0v) is 21.7. The van der Waals surface area contributed by atoms with Crippen LogP contribution in [-0.4, -0.2) is 50.5 Å². The van der Waals surface area contributed by atoms with E-state index in [0.29, 0.717) is 6.54 Å². The van der Waals surface area contributed by atoms with Crippen LogP contribution in [0.2, 0.25) is 10.0 Å². The van der Waals surface area contributed by atoms with Gasteiger partial charge in [-0.1, -0.05) is 57.3 Å². The molecule has 2 aromatic carbocycles. The summed E-state index contributed by atoms with van der Waals surface area (Å²) in [6, 6.07) is 11.0. The molecule has 0 bridgehead atoms. The zero-order valence-electron chi connectivity index (χ0n) is 17.8. The van der Waals surface area contributed by atoms with Crippen molar-refractivity contribution in [2.45, 2.75) is 26.4 Å². The molecule has 2 amide bonds. The number of anilines is 1. The smallest absolute Gasteiger partial charge is 0.244 e. The van der Waals surface area contributed by atoms with Crippen LogP contribution in [0.1, 0.15) is 19.4 Å². The second-order valence-corrected chi connectivity index (χ2v) is 10.7. The Morgan fingerprint density at radius 2 is 1.81 bits per heavy atom. The number of likely N-dealkylation sites (N-methyl/N-ethyl adjacent to an activating group) is 1. The third-order valence-electron chi connectivity index (χ3n) is 4.64. The van der Waals surface area contributed by atoms with Crippen LogP contribution in [0.25, 0.3) is 0 Å². The lowest BCUT2D eigenvalue weighted by molar-refractivity contribution is -0.139. The number of nitrogens with zero attached hydrogens (tertiary/aromatic N) is 2. The molecule has 0 heterocycles. The number of halogens is 3. The number of amides is 2. The number of sulfonamides is 1. The third-order valence-corrected chi connectivity index (χ3v) is 7.07. The SMILES string of the molecule is CCNC(=O)[C@@H](C)N(Cc1cccc(Br)c1)C(=O)CN(c1cccc(Cl)c1Cl)S(C)(=O)=O. The molecule has 0 fully saturated rings. The van der Waals surface area contributed by atoms with Gasteiger partial charge >= 0.3 is 0 Å². The van der Waals surface area contributed by atoms with Gasteiger partial charge in [0, 0.05) is 17.6 Å². The highest BCUT2D eigenvalue weighted by atomic mass is 79.9. The maximum Gasteiger partial charge on any atom is 0.244 e. The number of carbonyl (C=O) groups is 2. The van der Waals surface area contributed by atoms with Gasteiger partial charge in [-0.2, -0.15) is 0 Å². The molecular formula is C21H24BrCl2N3O4S. The average molecular weight is 565 g/mol. The molecule has 0 unspecified atom stereocenters. The van der Waals surface area contributed by atoms with Crippen LogP contribution < -0.4 is 9.62 Å². The van der Waals surface area contributed by atoms with E-state index in [2.05, 4.69) is 21.2 Å². The summed E-state index contributed by atoms with van der Waals surface area (Å²) in [6.07, 6.45) is 0.976. The number of carbonyl (C=O) groups excluding carboxylic acids is 2. The molecular weight excluding hydrogens is 541 g/mol. The van der Waals surface area contributed by atoms with Crippen molar-refractivity contribution < 1.29 is 18.0 Å². The molecule has 32 heavy (non-hydrogen) atoms. The fourth-order valence-corrected chi connectivity index (χ4v) is 4.77. The lowest BCUT2D eigenvalue weighted by atomic mass is 10.1. The van der Waals surface area contributed by atoms with Gasteiger partial charge in [0.2, 0.25) is 21.8 Å². The van der Waals surface area contributed by atoms with Gasteiger partial charge in [0.1, 0.15) is 12.6 Å². The molecule has 1 atom stereocenters. The van der Waals surface area contributed by atoms with Crippen molar-refractivity contribution in [1.82, 2.24) is 10.2 Å². The Bertz CT molecular complexity index is 1100. The predicted molar refractivity (Wildman–Crippen MR) is 131 cm³/mol. The second kappa shape index (κ2) is 11.4. The van der Waals surface area contributed by atoms with E-state index in [1.807, 2.05) is 24.3 Å². The Labute approximate surface area is 206 Å². The Morgan fingerprint density at radius 3 is 2.41 bits per heavy atom. The molecule has 0 saturated heterocycles. The maximum atomic E-state index is 13.4. The van der Waals surface area contributed by atoms with Crippen LogP contribution in [0.5, 0.6) is 0 Å². The molecule has 0 aromatic heterocycles. The van der Waals surface area contributed by atoms with Gasteiger partial charge in [-0.25, -0.2) is 8.42 Å². The molecule has 0 radical (unpaired) electrons. The first-order valence-electron chi connectivity index (χ1n) is 9.69. The van der Waals surface area contributed by atoms with E-state index in [1.165, 1.54) is 17.0 Å². The minimum atomic E-state index is -3.89. The largest absolute Gasteiger partial charge is 0.355 e. The van der Waals surface area contributed by atoms with E-state index in [4.69, 9.17) is 23.2 Å². The Kier molecular flexibility index (Phi) is 9.39. The van der Waals surface area contributed by atoms with Gasteiger partial charge in [-0.05, 0) is 43.7 Å². The summed E-state index contributed by atoms with van der Waals surface area (Å²) >= 11 is 15.7. The van der Waals surface area contributed by atoms with E-state index in [1.54, 1.807) is 19.9 Å². The number of benzene rings is 2. The highest BCUT2D eigenvalue weighted by molar-refractivity contribution is 9.10. The first kappa shape index (κ1) is 26.4. The number of rotatable bonds is 9. The lowest BCUT2D eigenvalue weighted by Crippen LogP contribution is -2.51. The van der Waals surface area contributed by atoms with Gasteiger partial charge in [0.25, 0.3) is 0 Å². The molecule has 0 aliphatic rings. The molecule has 2 aromatic rings. The Morgan fingerprint density at radius 1 is 1.16 bits per heavy atom. The van der Waals surface area contributed by atoms with Crippen molar-refractivity contribution in [2.24, 2.45) is 0 Å². The predicted octanol–water partition coefficient (Wildman–Crippen LogP) is 4.08. The summed E-state index contributed by atoms with van der Waals surface area (Å²) in [7, 11) is -3.89. The zero-order chi connectivity index (χ0) is 24.1. The van der Waals surface area contributed by atoms with Crippen molar-refractivity contribution in [2.75, 3.05) is 23.7 Å². The Hall–Kier alpha value is -1.81. The number of hydrogen-bond donors (Lipinski definition) is 1. The van der Waals surface area contributed by atoms with Crippen molar-refractivity contribution in [3.8, 4) is 0 Å². The minimum absolute atomic E-state index is 0.0164. The van der Waals surface area contributed by atoms with Crippen molar-refractivity contribution in [3.05, 3.63) is 62.5 Å². The number of hydrogen-bond acceptors (Lipinski definition) is 4. The lowest BCUT2D eigenvalue weighted by Gasteiger charge is -2.31. The molecule has 2 rings (SSSR count). The minimum Gasteiger partial charge on any atom is -0.355 e. The molecule has 11 heteroatoms. The van der Waals surface area contributed by atoms with Crippen molar-refractivity contribution >= 4 is 66.7 Å². The first-order chi connectivity index (χ1) is 15.0. The van der Waals surface area contributed by atoms with Crippen molar-refractivity contribution in [1.29, 1.82) is 0 Å². The van der Waals surface area contributed by atoms with Gasteiger partial charge < -0.3 is 10.2 Å². The average Bonchev–Trinajstić information content (AvgIpc) is 2.71. The van der Waals surface area contributed by atoms with E-state index in [-0.39, 0.29) is 28.2 Å². The first-order valence-corrected chi connectivity index (χ1v) is 13.1. The summed E-state index contributed by atoms with van der Waals surface area (Å²) < 4.78 is 26.8. The second-order valence-electron chi connectivity index (χ2n) is 7.06. The number of nitrogens with one attached hydrogen (secondary N) is 1. The van der Waals surface area contributed by atoms with E-state index in [0.717, 1.165) is 20.6 Å². The molecule has 0 saturated carbocycles. The standard InChI is InChI=1S/C21H24BrCl2N3O4S/c1-4-25-21(29)14(2)26(12-15-7-5-8-16(22)11-15)19(28)13-27(32(3,30)31)18-10-6-9-17(23)20(18)24/h5-11,14H,4,12-13H2,1-3H3,(H,25,29)/t14-/m1/s1. The van der Waals surface area contributed by atoms with Gasteiger partial charge in [0.05, 0.1) is 22.0 Å². The van der Waals surface area contributed by atoms with Gasteiger partial charge in [0.15, 0.2) is 0 Å². The van der Waals surface area contributed by atoms with Crippen LogP contribution in [0, 0.1) is 0 Å². The fourth-order valence-electron chi connectivity index (χ4n) is 3.02. The topological polar surface area (TPSA) is 86.8 Å². The van der Waals surface area contributed by atoms with Crippen LogP contribution in [-0.2, 0) is 26.2 Å². The normalized spacial score (nSPS) is 12.2. The van der Waals surface area contributed by atoms with Crippen LogP contribution in [0.15, 0.2) is 46.9 Å². The van der Waals surface area contributed by atoms with Crippen LogP contribution in [0.3, 0.4) is 0 Å². The Balaban J connectivity index is 2.43. The van der Waals surface area contributed by atoms with Gasteiger partial charge in [-0.3, -0.25) is 13.9 Å². The van der Waals surface area contributed by atoms with E-state index in [9.17, 15) is 18.0 Å². The highest BCUT2D eigenvalue weighted by Gasteiger charge is 2.30. The third kappa shape index (κ3) is 6.84. The molecule has 0 spiro atoms. The molecule has 0 aliphatic heterocycles. The summed E-state index contributed by atoms with van der Waals surface area (Å²) in [5.41, 5.74) is 0.860. The summed E-state index contributed by atoms with van der Waals surface area (Å²) in [5.74, 6) is -0.910. The summed E-state index contributed by atoms with van der Waals surface area (Å²) in [6.45, 7) is 3.33. The van der Waals surface area contributed by atoms with E-state index < -0.39 is 28.5 Å². The molecule has 1 N–H and O–H groups in total. The summed E-state index contributed by atoms with van der Waals surface area (Å²) in [4.78, 5) is 27.2. The fraction of sp³-hybridized carbons (Fsp3) is 0.333. The van der Waals surface area contributed by atoms with Crippen LogP contribution >= 0.6 is 39.1 Å². The van der Waals surface area contributed by atoms with Gasteiger partial charge in [-0.15, -0.1) is 0 Å². The van der Waals surface area contributed by atoms with Crippen LogP contribution in [0.4, 0.5) is 5.69 Å². The molecule has 0 aliphatic carbocycles.